The Hall–Kier alpha value is -3.66. The summed E-state index contributed by atoms with van der Waals surface area (Å²) in [5, 5.41) is 16.7. The van der Waals surface area contributed by atoms with Crippen molar-refractivity contribution in [2.45, 2.75) is 13.1 Å². The van der Waals surface area contributed by atoms with Gasteiger partial charge in [-0.3, -0.25) is 9.89 Å². The number of hydrogen-bond donors (Lipinski definition) is 3. The number of nitrogens with zero attached hydrogens (tertiary/aromatic N) is 5. The summed E-state index contributed by atoms with van der Waals surface area (Å²) in [7, 11) is 0. The van der Waals surface area contributed by atoms with Crippen LogP contribution in [0.3, 0.4) is 0 Å². The molecule has 1 aliphatic rings. The van der Waals surface area contributed by atoms with Gasteiger partial charge in [0.2, 0.25) is 0 Å². The zero-order valence-corrected chi connectivity index (χ0v) is 15.5. The third-order valence-corrected chi connectivity index (χ3v) is 5.42. The molecule has 0 fully saturated rings. The molecule has 1 aliphatic heterocycles. The lowest BCUT2D eigenvalue weighted by Gasteiger charge is -2.13. The summed E-state index contributed by atoms with van der Waals surface area (Å²) < 4.78 is 1.63. The largest absolute Gasteiger partial charge is 0.396 e. The Morgan fingerprint density at radius 2 is 2.14 bits per heavy atom. The van der Waals surface area contributed by atoms with E-state index in [0.29, 0.717) is 23.6 Å². The van der Waals surface area contributed by atoms with Crippen LogP contribution >= 0.6 is 11.3 Å². The smallest absolute Gasteiger partial charge is 0.275 e. The van der Waals surface area contributed by atoms with E-state index in [9.17, 15) is 4.79 Å². The fourth-order valence-electron chi connectivity index (χ4n) is 3.15. The van der Waals surface area contributed by atoms with Gasteiger partial charge in [-0.2, -0.15) is 10.2 Å². The first-order valence-corrected chi connectivity index (χ1v) is 9.48. The summed E-state index contributed by atoms with van der Waals surface area (Å²) >= 11 is 1.45. The van der Waals surface area contributed by atoms with Crippen LogP contribution in [0.1, 0.15) is 21.7 Å². The number of carbonyl (C=O) groups is 1. The van der Waals surface area contributed by atoms with Crippen LogP contribution in [-0.2, 0) is 13.1 Å². The van der Waals surface area contributed by atoms with Gasteiger partial charge in [0, 0.05) is 17.5 Å². The van der Waals surface area contributed by atoms with Crippen LogP contribution in [0.15, 0.2) is 48.2 Å². The molecule has 5 rings (SSSR count). The minimum atomic E-state index is -0.269. The maximum absolute atomic E-state index is 12.7. The van der Waals surface area contributed by atoms with Crippen molar-refractivity contribution in [2.75, 3.05) is 16.0 Å². The Kier molecular flexibility index (Phi) is 3.83. The zero-order chi connectivity index (χ0) is 19.1. The number of aromatic amines is 1. The van der Waals surface area contributed by atoms with Crippen molar-refractivity contribution in [3.05, 3.63) is 65.2 Å². The SMILES string of the molecule is Nc1cnn(-c2ccccc2NC(=O)c2csc(N3Cc4cn[nH]c4C3)n2)c1. The molecule has 4 aromatic rings. The summed E-state index contributed by atoms with van der Waals surface area (Å²) in [5.41, 5.74) is 10.3. The van der Waals surface area contributed by atoms with E-state index >= 15 is 0 Å². The summed E-state index contributed by atoms with van der Waals surface area (Å²) in [4.78, 5) is 19.4. The highest BCUT2D eigenvalue weighted by Gasteiger charge is 2.24. The molecule has 0 radical (unpaired) electrons. The number of para-hydroxylation sites is 2. The molecule has 28 heavy (non-hydrogen) atoms. The number of rotatable bonds is 4. The number of fused-ring (bicyclic) bond motifs is 1. The molecule has 1 amide bonds. The molecule has 1 aromatic carbocycles. The Morgan fingerprint density at radius 3 is 2.96 bits per heavy atom. The quantitative estimate of drug-likeness (QED) is 0.491. The lowest BCUT2D eigenvalue weighted by molar-refractivity contribution is 0.102. The number of nitrogen functional groups attached to an aromatic ring is 1. The van der Waals surface area contributed by atoms with Crippen LogP contribution in [-0.4, -0.2) is 30.9 Å². The van der Waals surface area contributed by atoms with E-state index in [1.54, 1.807) is 22.5 Å². The summed E-state index contributed by atoms with van der Waals surface area (Å²) in [5.74, 6) is -0.269. The highest BCUT2D eigenvalue weighted by molar-refractivity contribution is 7.13. The van der Waals surface area contributed by atoms with E-state index in [1.807, 2.05) is 30.5 Å². The number of carbonyl (C=O) groups excluding carboxylic acids is 1. The van der Waals surface area contributed by atoms with Gasteiger partial charge in [0.25, 0.3) is 5.91 Å². The standard InChI is InChI=1S/C18H16N8OS/c19-12-6-21-26(8-12)16-4-2-1-3-13(16)22-17(27)15-10-28-18(23-15)25-7-11-5-20-24-14(11)9-25/h1-6,8,10H,7,9,19H2,(H,20,24)(H,22,27). The fourth-order valence-corrected chi connectivity index (χ4v) is 3.95. The van der Waals surface area contributed by atoms with Gasteiger partial charge in [-0.25, -0.2) is 9.67 Å². The molecule has 0 bridgehead atoms. The molecule has 3 aromatic heterocycles. The minimum absolute atomic E-state index is 0.269. The van der Waals surface area contributed by atoms with Gasteiger partial charge in [0.15, 0.2) is 5.13 Å². The molecule has 0 unspecified atom stereocenters. The number of aromatic nitrogens is 5. The lowest BCUT2D eigenvalue weighted by Crippen LogP contribution is -2.17. The molecule has 0 saturated heterocycles. The Labute approximate surface area is 163 Å². The van der Waals surface area contributed by atoms with E-state index in [4.69, 9.17) is 5.73 Å². The first-order chi connectivity index (χ1) is 13.7. The second kappa shape index (κ2) is 6.50. The first-order valence-electron chi connectivity index (χ1n) is 8.60. The van der Waals surface area contributed by atoms with Gasteiger partial charge in [0.1, 0.15) is 5.69 Å². The van der Waals surface area contributed by atoms with Gasteiger partial charge in [-0.15, -0.1) is 11.3 Å². The normalized spacial score (nSPS) is 12.9. The van der Waals surface area contributed by atoms with E-state index < -0.39 is 0 Å². The highest BCUT2D eigenvalue weighted by Crippen LogP contribution is 2.30. The van der Waals surface area contributed by atoms with E-state index in [0.717, 1.165) is 28.6 Å². The predicted octanol–water partition coefficient (Wildman–Crippen LogP) is 2.41. The molecule has 10 heteroatoms. The topological polar surface area (TPSA) is 118 Å². The maximum atomic E-state index is 12.7. The average Bonchev–Trinajstić information content (AvgIpc) is 3.45. The molecule has 0 aliphatic carbocycles. The van der Waals surface area contributed by atoms with Crippen LogP contribution in [0, 0.1) is 0 Å². The number of anilines is 3. The average molecular weight is 392 g/mol. The summed E-state index contributed by atoms with van der Waals surface area (Å²) in [6, 6.07) is 7.41. The van der Waals surface area contributed by atoms with Crippen molar-refractivity contribution >= 4 is 33.8 Å². The van der Waals surface area contributed by atoms with Crippen molar-refractivity contribution in [1.82, 2.24) is 25.0 Å². The maximum Gasteiger partial charge on any atom is 0.275 e. The van der Waals surface area contributed by atoms with Crippen molar-refractivity contribution in [3.63, 3.8) is 0 Å². The number of benzene rings is 1. The monoisotopic (exact) mass is 392 g/mol. The molecule has 9 nitrogen and oxygen atoms in total. The van der Waals surface area contributed by atoms with Crippen LogP contribution < -0.4 is 16.0 Å². The first kappa shape index (κ1) is 16.5. The fraction of sp³-hybridized carbons (Fsp3) is 0.111. The zero-order valence-electron chi connectivity index (χ0n) is 14.7. The molecule has 0 atom stereocenters. The Morgan fingerprint density at radius 1 is 1.25 bits per heavy atom. The van der Waals surface area contributed by atoms with Gasteiger partial charge >= 0.3 is 0 Å². The number of amides is 1. The highest BCUT2D eigenvalue weighted by atomic mass is 32.1. The van der Waals surface area contributed by atoms with Crippen molar-refractivity contribution in [1.29, 1.82) is 0 Å². The molecule has 140 valence electrons. The second-order valence-electron chi connectivity index (χ2n) is 6.43. The van der Waals surface area contributed by atoms with Crippen LogP contribution in [0.4, 0.5) is 16.5 Å². The van der Waals surface area contributed by atoms with E-state index in [-0.39, 0.29) is 5.91 Å². The van der Waals surface area contributed by atoms with Gasteiger partial charge in [-0.1, -0.05) is 12.1 Å². The Balaban J connectivity index is 1.35. The van der Waals surface area contributed by atoms with Crippen molar-refractivity contribution < 1.29 is 4.79 Å². The lowest BCUT2D eigenvalue weighted by atomic mass is 10.2. The minimum Gasteiger partial charge on any atom is -0.396 e. The molecule has 0 spiro atoms. The molecular formula is C18H16N8OS. The molecular weight excluding hydrogens is 376 g/mol. The van der Waals surface area contributed by atoms with Crippen LogP contribution in [0.2, 0.25) is 0 Å². The van der Waals surface area contributed by atoms with Crippen molar-refractivity contribution in [2.24, 2.45) is 0 Å². The number of H-pyrrole nitrogens is 1. The number of thiazole rings is 1. The summed E-state index contributed by atoms with van der Waals surface area (Å²) in [6.45, 7) is 1.46. The number of nitrogens with one attached hydrogen (secondary N) is 2. The van der Waals surface area contributed by atoms with Gasteiger partial charge < -0.3 is 16.0 Å². The number of nitrogens with two attached hydrogens (primary N) is 1. The second-order valence-corrected chi connectivity index (χ2v) is 7.27. The van der Waals surface area contributed by atoms with Crippen molar-refractivity contribution in [3.8, 4) is 5.69 Å². The third-order valence-electron chi connectivity index (χ3n) is 4.51. The van der Waals surface area contributed by atoms with Gasteiger partial charge in [-0.05, 0) is 12.1 Å². The van der Waals surface area contributed by atoms with Crippen LogP contribution in [0.25, 0.3) is 5.69 Å². The van der Waals surface area contributed by atoms with Gasteiger partial charge in [0.05, 0.1) is 47.9 Å². The predicted molar refractivity (Wildman–Crippen MR) is 107 cm³/mol. The Bertz CT molecular complexity index is 1140. The summed E-state index contributed by atoms with van der Waals surface area (Å²) in [6.07, 6.45) is 5.09. The van der Waals surface area contributed by atoms with E-state index in [1.165, 1.54) is 11.3 Å². The van der Waals surface area contributed by atoms with E-state index in [2.05, 4.69) is 30.5 Å². The number of hydrogen-bond acceptors (Lipinski definition) is 7. The molecule has 4 heterocycles. The molecule has 4 N–H and O–H groups in total. The van der Waals surface area contributed by atoms with Crippen LogP contribution in [0.5, 0.6) is 0 Å². The molecule has 0 saturated carbocycles. The third kappa shape index (κ3) is 2.89.